The van der Waals surface area contributed by atoms with Gasteiger partial charge in [-0.3, -0.25) is 0 Å². The summed E-state index contributed by atoms with van der Waals surface area (Å²) < 4.78 is 0.413. The van der Waals surface area contributed by atoms with E-state index in [9.17, 15) is 0 Å². The summed E-state index contributed by atoms with van der Waals surface area (Å²) in [5.41, 5.74) is 1.43. The van der Waals surface area contributed by atoms with E-state index in [4.69, 9.17) is 0 Å². The third-order valence-electron chi connectivity index (χ3n) is 2.32. The Morgan fingerprint density at radius 2 is 1.77 bits per heavy atom. The number of hydrogen-bond donors (Lipinski definition) is 0. The minimum atomic E-state index is 0.413. The molecule has 1 aromatic carbocycles. The van der Waals surface area contributed by atoms with E-state index in [0.717, 1.165) is 5.75 Å². The fourth-order valence-corrected chi connectivity index (χ4v) is 1.91. The third kappa shape index (κ3) is 3.86. The van der Waals surface area contributed by atoms with Gasteiger partial charge in [0.2, 0.25) is 0 Å². The molecule has 0 saturated heterocycles. The Bertz CT molecular complexity index is 239. The smallest absolute Gasteiger partial charge is 0.0189 e. The highest BCUT2D eigenvalue weighted by Crippen LogP contribution is 2.30. The highest BCUT2D eigenvalue weighted by Gasteiger charge is 2.14. The van der Waals surface area contributed by atoms with Crippen LogP contribution in [0.25, 0.3) is 0 Å². The molecule has 0 saturated carbocycles. The largest absolute Gasteiger partial charge is 0.151 e. The first-order chi connectivity index (χ1) is 6.14. The molecular formula is C12H18S. The summed E-state index contributed by atoms with van der Waals surface area (Å²) in [5.74, 6) is 1.13. The molecule has 0 aliphatic carbocycles. The van der Waals surface area contributed by atoms with Gasteiger partial charge in [0.25, 0.3) is 0 Å². The molecule has 1 rings (SSSR count). The van der Waals surface area contributed by atoms with Crippen molar-refractivity contribution in [2.75, 3.05) is 0 Å². The van der Waals surface area contributed by atoms with Gasteiger partial charge in [-0.2, -0.15) is 11.8 Å². The Hall–Kier alpha value is -0.430. The van der Waals surface area contributed by atoms with E-state index < -0.39 is 0 Å². The summed E-state index contributed by atoms with van der Waals surface area (Å²) in [5, 5.41) is 0. The Kier molecular flexibility index (Phi) is 3.86. The highest BCUT2D eigenvalue weighted by atomic mass is 32.2. The van der Waals surface area contributed by atoms with Crippen molar-refractivity contribution in [1.29, 1.82) is 0 Å². The van der Waals surface area contributed by atoms with Gasteiger partial charge in [-0.15, -0.1) is 0 Å². The molecule has 1 aromatic rings. The van der Waals surface area contributed by atoms with Gasteiger partial charge in [-0.1, -0.05) is 51.1 Å². The minimum Gasteiger partial charge on any atom is -0.151 e. The summed E-state index contributed by atoms with van der Waals surface area (Å²) in [6, 6.07) is 10.7. The minimum absolute atomic E-state index is 0.413. The van der Waals surface area contributed by atoms with Gasteiger partial charge in [0.1, 0.15) is 0 Å². The normalized spacial score (nSPS) is 11.6. The van der Waals surface area contributed by atoms with Crippen molar-refractivity contribution < 1.29 is 0 Å². The van der Waals surface area contributed by atoms with Gasteiger partial charge in [0, 0.05) is 10.5 Å². The molecule has 0 radical (unpaired) electrons. The van der Waals surface area contributed by atoms with Crippen LogP contribution in [-0.4, -0.2) is 4.75 Å². The summed E-state index contributed by atoms with van der Waals surface area (Å²) in [6.45, 7) is 6.86. The van der Waals surface area contributed by atoms with E-state index in [0.29, 0.717) is 4.75 Å². The van der Waals surface area contributed by atoms with Gasteiger partial charge in [-0.05, 0) is 12.0 Å². The van der Waals surface area contributed by atoms with Crippen LogP contribution in [0.15, 0.2) is 30.3 Å². The Morgan fingerprint density at radius 1 is 1.15 bits per heavy atom. The summed E-state index contributed by atoms with van der Waals surface area (Å²) >= 11 is 2.03. The zero-order chi connectivity index (χ0) is 9.73. The maximum Gasteiger partial charge on any atom is 0.0189 e. The molecule has 0 unspecified atom stereocenters. The van der Waals surface area contributed by atoms with Crippen molar-refractivity contribution in [2.45, 2.75) is 37.7 Å². The lowest BCUT2D eigenvalue weighted by Crippen LogP contribution is -2.12. The van der Waals surface area contributed by atoms with Crippen LogP contribution in [0.3, 0.4) is 0 Å². The number of thioether (sulfide) groups is 1. The predicted octanol–water partition coefficient (Wildman–Crippen LogP) is 4.11. The van der Waals surface area contributed by atoms with Crippen molar-refractivity contribution in [3.8, 4) is 0 Å². The van der Waals surface area contributed by atoms with Crippen LogP contribution in [0.2, 0.25) is 0 Å². The Morgan fingerprint density at radius 3 is 2.31 bits per heavy atom. The van der Waals surface area contributed by atoms with Crippen LogP contribution < -0.4 is 0 Å². The molecule has 0 amide bonds. The molecule has 0 atom stereocenters. The lowest BCUT2D eigenvalue weighted by atomic mass is 10.1. The van der Waals surface area contributed by atoms with E-state index in [2.05, 4.69) is 51.1 Å². The fraction of sp³-hybridized carbons (Fsp3) is 0.500. The zero-order valence-electron chi connectivity index (χ0n) is 8.71. The average Bonchev–Trinajstić information content (AvgIpc) is 2.17. The maximum atomic E-state index is 2.31. The van der Waals surface area contributed by atoms with Crippen LogP contribution in [0.5, 0.6) is 0 Å². The molecule has 0 bridgehead atoms. The number of hydrogen-bond acceptors (Lipinski definition) is 1. The average molecular weight is 194 g/mol. The first-order valence-electron chi connectivity index (χ1n) is 4.82. The van der Waals surface area contributed by atoms with Crippen LogP contribution in [-0.2, 0) is 5.75 Å². The van der Waals surface area contributed by atoms with Crippen LogP contribution in [0.1, 0.15) is 32.8 Å². The summed E-state index contributed by atoms with van der Waals surface area (Å²) in [7, 11) is 0. The molecule has 0 aromatic heterocycles. The molecule has 0 fully saturated rings. The topological polar surface area (TPSA) is 0 Å². The number of benzene rings is 1. The first-order valence-corrected chi connectivity index (χ1v) is 5.80. The second-order valence-corrected chi connectivity index (χ2v) is 5.57. The first kappa shape index (κ1) is 10.6. The van der Waals surface area contributed by atoms with Crippen molar-refractivity contribution in [1.82, 2.24) is 0 Å². The van der Waals surface area contributed by atoms with Crippen LogP contribution in [0, 0.1) is 0 Å². The SMILES string of the molecule is CCC(C)(C)SCc1ccccc1. The van der Waals surface area contributed by atoms with E-state index in [1.165, 1.54) is 12.0 Å². The van der Waals surface area contributed by atoms with E-state index >= 15 is 0 Å². The molecule has 0 aliphatic rings. The van der Waals surface area contributed by atoms with E-state index in [-0.39, 0.29) is 0 Å². The van der Waals surface area contributed by atoms with E-state index in [1.54, 1.807) is 0 Å². The van der Waals surface area contributed by atoms with Gasteiger partial charge in [-0.25, -0.2) is 0 Å². The van der Waals surface area contributed by atoms with Crippen molar-refractivity contribution in [2.24, 2.45) is 0 Å². The summed E-state index contributed by atoms with van der Waals surface area (Å²) in [6.07, 6.45) is 1.23. The molecule has 0 heterocycles. The summed E-state index contributed by atoms with van der Waals surface area (Å²) in [4.78, 5) is 0. The molecule has 72 valence electrons. The molecule has 0 spiro atoms. The Labute approximate surface area is 85.7 Å². The van der Waals surface area contributed by atoms with Crippen LogP contribution in [0.4, 0.5) is 0 Å². The second kappa shape index (κ2) is 4.71. The maximum absolute atomic E-state index is 2.31. The van der Waals surface area contributed by atoms with E-state index in [1.807, 2.05) is 11.8 Å². The van der Waals surface area contributed by atoms with Crippen molar-refractivity contribution in [3.63, 3.8) is 0 Å². The molecule has 0 nitrogen and oxygen atoms in total. The van der Waals surface area contributed by atoms with Gasteiger partial charge in [0.05, 0.1) is 0 Å². The standard InChI is InChI=1S/C12H18S/c1-4-12(2,3)13-10-11-8-6-5-7-9-11/h5-9H,4,10H2,1-3H3. The molecular weight excluding hydrogens is 176 g/mol. The lowest BCUT2D eigenvalue weighted by molar-refractivity contribution is 0.684. The van der Waals surface area contributed by atoms with Gasteiger partial charge >= 0.3 is 0 Å². The van der Waals surface area contributed by atoms with Crippen LogP contribution >= 0.6 is 11.8 Å². The quantitative estimate of drug-likeness (QED) is 0.695. The highest BCUT2D eigenvalue weighted by molar-refractivity contribution is 7.99. The second-order valence-electron chi connectivity index (χ2n) is 3.89. The van der Waals surface area contributed by atoms with Gasteiger partial charge in [0.15, 0.2) is 0 Å². The van der Waals surface area contributed by atoms with Crippen molar-refractivity contribution >= 4 is 11.8 Å². The monoisotopic (exact) mass is 194 g/mol. The molecule has 0 aliphatic heterocycles. The van der Waals surface area contributed by atoms with Gasteiger partial charge < -0.3 is 0 Å². The zero-order valence-corrected chi connectivity index (χ0v) is 9.53. The third-order valence-corrected chi connectivity index (χ3v) is 3.87. The number of rotatable bonds is 4. The predicted molar refractivity (Wildman–Crippen MR) is 62.1 cm³/mol. The lowest BCUT2D eigenvalue weighted by Gasteiger charge is -2.21. The van der Waals surface area contributed by atoms with Crippen molar-refractivity contribution in [3.05, 3.63) is 35.9 Å². The molecule has 13 heavy (non-hydrogen) atoms. The Balaban J connectivity index is 2.44. The fourth-order valence-electron chi connectivity index (χ4n) is 0.955. The molecule has 1 heteroatoms. The molecule has 0 N–H and O–H groups in total.